The zero-order chi connectivity index (χ0) is 16.1. The molecule has 0 radical (unpaired) electrons. The molecule has 0 saturated carbocycles. The number of rotatable bonds is 4. The van der Waals surface area contributed by atoms with Crippen molar-refractivity contribution >= 4 is 22.4 Å². The van der Waals surface area contributed by atoms with E-state index < -0.39 is 0 Å². The number of carbonyl (C=O) groups is 1. The highest BCUT2D eigenvalue weighted by molar-refractivity contribution is 7.14. The van der Waals surface area contributed by atoms with E-state index in [9.17, 15) is 4.79 Å². The Kier molecular flexibility index (Phi) is 5.07. The number of likely N-dealkylation sites (tertiary alicyclic amines) is 1. The van der Waals surface area contributed by atoms with E-state index in [0.29, 0.717) is 12.6 Å². The van der Waals surface area contributed by atoms with Gasteiger partial charge in [0.05, 0.1) is 11.5 Å². The molecular formula is C16H20N4O2S. The molecule has 1 aliphatic rings. The molecule has 2 amide bonds. The molecule has 1 N–H and O–H groups in total. The van der Waals surface area contributed by atoms with Crippen molar-refractivity contribution in [2.24, 2.45) is 0 Å². The molecule has 1 saturated heterocycles. The third kappa shape index (κ3) is 4.19. The van der Waals surface area contributed by atoms with E-state index in [4.69, 9.17) is 4.74 Å². The molecule has 0 bridgehead atoms. The number of piperidine rings is 1. The molecule has 1 atom stereocenters. The van der Waals surface area contributed by atoms with Gasteiger partial charge in [-0.3, -0.25) is 5.32 Å². The molecule has 0 aromatic carbocycles. The summed E-state index contributed by atoms with van der Waals surface area (Å²) in [6.07, 6.45) is 6.22. The Hall–Kier alpha value is -2.15. The van der Waals surface area contributed by atoms with Crippen LogP contribution in [0.25, 0.3) is 0 Å². The summed E-state index contributed by atoms with van der Waals surface area (Å²) in [5.74, 6) is 0. The summed E-state index contributed by atoms with van der Waals surface area (Å²) in [6.45, 7) is 3.35. The molecule has 0 aliphatic carbocycles. The van der Waals surface area contributed by atoms with Crippen molar-refractivity contribution in [3.8, 4) is 6.01 Å². The second-order valence-corrected chi connectivity index (χ2v) is 6.41. The van der Waals surface area contributed by atoms with Crippen LogP contribution < -0.4 is 10.1 Å². The first kappa shape index (κ1) is 15.7. The van der Waals surface area contributed by atoms with Gasteiger partial charge in [-0.1, -0.05) is 6.92 Å². The first-order valence-electron chi connectivity index (χ1n) is 7.81. The maximum Gasteiger partial charge on any atom is 0.322 e. The minimum absolute atomic E-state index is 0.0645. The lowest BCUT2D eigenvalue weighted by molar-refractivity contribution is 0.0983. The van der Waals surface area contributed by atoms with Gasteiger partial charge in [-0.2, -0.15) is 0 Å². The molecular weight excluding hydrogens is 312 g/mol. The molecule has 2 aromatic rings. The molecule has 0 spiro atoms. The van der Waals surface area contributed by atoms with Gasteiger partial charge >= 0.3 is 12.0 Å². The summed E-state index contributed by atoms with van der Waals surface area (Å²) in [4.78, 5) is 22.5. The number of aromatic nitrogens is 2. The van der Waals surface area contributed by atoms with Crippen LogP contribution in [-0.4, -0.2) is 40.1 Å². The SMILES string of the molecule is CCc1cnc(OC2CCCN(C(=O)Nc3cccs3)C2)nc1. The molecule has 1 fully saturated rings. The van der Waals surface area contributed by atoms with Gasteiger partial charge in [-0.05, 0) is 42.3 Å². The second-order valence-electron chi connectivity index (χ2n) is 5.46. The van der Waals surface area contributed by atoms with Crippen molar-refractivity contribution in [3.63, 3.8) is 0 Å². The van der Waals surface area contributed by atoms with Crippen LogP contribution in [-0.2, 0) is 6.42 Å². The summed E-state index contributed by atoms with van der Waals surface area (Å²) >= 11 is 1.51. The Morgan fingerprint density at radius 3 is 3.00 bits per heavy atom. The van der Waals surface area contributed by atoms with Crippen LogP contribution in [0.3, 0.4) is 0 Å². The fourth-order valence-corrected chi connectivity index (χ4v) is 3.10. The van der Waals surface area contributed by atoms with Crippen LogP contribution in [0.1, 0.15) is 25.3 Å². The molecule has 6 nitrogen and oxygen atoms in total. The minimum atomic E-state index is -0.0806. The average molecular weight is 332 g/mol. The molecule has 3 heterocycles. The molecule has 3 rings (SSSR count). The number of carbonyl (C=O) groups excluding carboxylic acids is 1. The van der Waals surface area contributed by atoms with Crippen molar-refractivity contribution in [2.45, 2.75) is 32.3 Å². The van der Waals surface area contributed by atoms with Gasteiger partial charge in [0.15, 0.2) is 0 Å². The largest absolute Gasteiger partial charge is 0.458 e. The zero-order valence-electron chi connectivity index (χ0n) is 13.1. The first-order chi connectivity index (χ1) is 11.2. The van der Waals surface area contributed by atoms with Gasteiger partial charge in [0.2, 0.25) is 0 Å². The van der Waals surface area contributed by atoms with Crippen LogP contribution >= 0.6 is 11.3 Å². The summed E-state index contributed by atoms with van der Waals surface area (Å²) in [5, 5.41) is 5.71. The number of hydrogen-bond donors (Lipinski definition) is 1. The van der Waals surface area contributed by atoms with Gasteiger partial charge in [0, 0.05) is 18.9 Å². The highest BCUT2D eigenvalue weighted by Crippen LogP contribution is 2.19. The zero-order valence-corrected chi connectivity index (χ0v) is 13.9. The first-order valence-corrected chi connectivity index (χ1v) is 8.69. The van der Waals surface area contributed by atoms with Crippen molar-refractivity contribution < 1.29 is 9.53 Å². The van der Waals surface area contributed by atoms with Crippen LogP contribution in [0.4, 0.5) is 9.80 Å². The molecule has 1 unspecified atom stereocenters. The van der Waals surface area contributed by atoms with Crippen molar-refractivity contribution in [3.05, 3.63) is 35.5 Å². The Balaban J connectivity index is 1.55. The smallest absolute Gasteiger partial charge is 0.322 e. The van der Waals surface area contributed by atoms with E-state index in [1.54, 1.807) is 17.3 Å². The Labute approximate surface area is 139 Å². The molecule has 122 valence electrons. The van der Waals surface area contributed by atoms with Gasteiger partial charge < -0.3 is 9.64 Å². The number of ether oxygens (including phenoxy) is 1. The van der Waals surface area contributed by atoms with Gasteiger partial charge in [-0.25, -0.2) is 14.8 Å². The van der Waals surface area contributed by atoms with Crippen molar-refractivity contribution in [1.29, 1.82) is 0 Å². The van der Waals surface area contributed by atoms with Crippen LogP contribution in [0.5, 0.6) is 6.01 Å². The number of anilines is 1. The fourth-order valence-electron chi connectivity index (χ4n) is 2.49. The maximum atomic E-state index is 12.3. The standard InChI is InChI=1S/C16H20N4O2S/c1-2-12-9-17-15(18-10-12)22-13-5-3-7-20(11-13)16(21)19-14-6-4-8-23-14/h4,6,8-10,13H,2-3,5,7,11H2,1H3,(H,19,21). The highest BCUT2D eigenvalue weighted by atomic mass is 32.1. The highest BCUT2D eigenvalue weighted by Gasteiger charge is 2.25. The normalized spacial score (nSPS) is 17.8. The molecule has 23 heavy (non-hydrogen) atoms. The van der Waals surface area contributed by atoms with E-state index in [-0.39, 0.29) is 12.1 Å². The molecule has 2 aromatic heterocycles. The summed E-state index contributed by atoms with van der Waals surface area (Å²) in [5.41, 5.74) is 1.08. The molecule has 7 heteroatoms. The van der Waals surface area contributed by atoms with Crippen molar-refractivity contribution in [2.75, 3.05) is 18.4 Å². The number of urea groups is 1. The summed E-state index contributed by atoms with van der Waals surface area (Å²) in [7, 11) is 0. The number of thiophene rings is 1. The Bertz CT molecular complexity index is 630. The number of nitrogens with one attached hydrogen (secondary N) is 1. The summed E-state index contributed by atoms with van der Waals surface area (Å²) < 4.78 is 5.83. The Morgan fingerprint density at radius 2 is 2.30 bits per heavy atom. The number of nitrogens with zero attached hydrogens (tertiary/aromatic N) is 3. The summed E-state index contributed by atoms with van der Waals surface area (Å²) in [6, 6.07) is 4.11. The lowest BCUT2D eigenvalue weighted by atomic mass is 10.1. The minimum Gasteiger partial charge on any atom is -0.458 e. The van der Waals surface area contributed by atoms with E-state index >= 15 is 0 Å². The topological polar surface area (TPSA) is 67.3 Å². The number of amides is 2. The number of aryl methyl sites for hydroxylation is 1. The lowest BCUT2D eigenvalue weighted by Gasteiger charge is -2.32. The number of hydrogen-bond acceptors (Lipinski definition) is 5. The maximum absolute atomic E-state index is 12.3. The van der Waals surface area contributed by atoms with E-state index in [1.807, 2.05) is 17.5 Å². The van der Waals surface area contributed by atoms with Crippen LogP contribution in [0, 0.1) is 0 Å². The third-order valence-electron chi connectivity index (χ3n) is 3.78. The van der Waals surface area contributed by atoms with E-state index in [2.05, 4.69) is 22.2 Å². The monoisotopic (exact) mass is 332 g/mol. The van der Waals surface area contributed by atoms with Crippen molar-refractivity contribution in [1.82, 2.24) is 14.9 Å². The average Bonchev–Trinajstić information content (AvgIpc) is 3.09. The lowest BCUT2D eigenvalue weighted by Crippen LogP contribution is -2.46. The van der Waals surface area contributed by atoms with E-state index in [1.165, 1.54) is 11.3 Å². The second kappa shape index (κ2) is 7.41. The predicted molar refractivity (Wildman–Crippen MR) is 90.0 cm³/mol. The molecule has 1 aliphatic heterocycles. The van der Waals surface area contributed by atoms with Crippen LogP contribution in [0.2, 0.25) is 0 Å². The quantitative estimate of drug-likeness (QED) is 0.934. The van der Waals surface area contributed by atoms with Gasteiger partial charge in [-0.15, -0.1) is 11.3 Å². The predicted octanol–water partition coefficient (Wildman–Crippen LogP) is 3.18. The fraction of sp³-hybridized carbons (Fsp3) is 0.438. The van der Waals surface area contributed by atoms with Crippen LogP contribution in [0.15, 0.2) is 29.9 Å². The van der Waals surface area contributed by atoms with E-state index in [0.717, 1.165) is 36.4 Å². The Morgan fingerprint density at radius 1 is 1.48 bits per heavy atom. The van der Waals surface area contributed by atoms with Gasteiger partial charge in [0.25, 0.3) is 0 Å². The van der Waals surface area contributed by atoms with Gasteiger partial charge in [0.1, 0.15) is 6.10 Å². The third-order valence-corrected chi connectivity index (χ3v) is 4.56.